The highest BCUT2D eigenvalue weighted by Crippen LogP contribution is 2.13. The van der Waals surface area contributed by atoms with Crippen LogP contribution in [0.15, 0.2) is 0 Å². The SMILES string of the molecule is CC(C)CN1C(=O)C(=O)N(CC(=O)NC(=O)NC(C)C)C1=O. The smallest absolute Gasteiger partial charge is 0.334 e. The predicted molar refractivity (Wildman–Crippen MR) is 75.5 cm³/mol. The van der Waals surface area contributed by atoms with Crippen molar-refractivity contribution in [3.05, 3.63) is 0 Å². The molecule has 1 rings (SSSR count). The normalized spacial score (nSPS) is 15.1. The zero-order valence-corrected chi connectivity index (χ0v) is 13.0. The third-order valence-corrected chi connectivity index (χ3v) is 2.66. The molecule has 0 aromatic rings. The van der Waals surface area contributed by atoms with Gasteiger partial charge in [-0.2, -0.15) is 0 Å². The van der Waals surface area contributed by atoms with Gasteiger partial charge >= 0.3 is 23.9 Å². The Morgan fingerprint density at radius 3 is 2.05 bits per heavy atom. The van der Waals surface area contributed by atoms with Crippen molar-refractivity contribution in [1.82, 2.24) is 20.4 Å². The summed E-state index contributed by atoms with van der Waals surface area (Å²) >= 11 is 0. The molecule has 1 aliphatic rings. The van der Waals surface area contributed by atoms with E-state index in [2.05, 4.69) is 5.32 Å². The summed E-state index contributed by atoms with van der Waals surface area (Å²) in [6, 6.07) is -1.75. The lowest BCUT2D eigenvalue weighted by Gasteiger charge is -2.16. The Labute approximate surface area is 128 Å². The lowest BCUT2D eigenvalue weighted by atomic mass is 10.2. The minimum Gasteiger partial charge on any atom is -0.336 e. The van der Waals surface area contributed by atoms with Gasteiger partial charge in [-0.1, -0.05) is 13.8 Å². The van der Waals surface area contributed by atoms with E-state index in [0.717, 1.165) is 4.90 Å². The fourth-order valence-electron chi connectivity index (χ4n) is 1.82. The van der Waals surface area contributed by atoms with E-state index in [0.29, 0.717) is 4.90 Å². The molecule has 0 aromatic heterocycles. The third-order valence-electron chi connectivity index (χ3n) is 2.66. The summed E-state index contributed by atoms with van der Waals surface area (Å²) in [6.07, 6.45) is 0. The van der Waals surface area contributed by atoms with Crippen LogP contribution in [0.1, 0.15) is 27.7 Å². The monoisotopic (exact) mass is 312 g/mol. The molecular weight excluding hydrogens is 292 g/mol. The van der Waals surface area contributed by atoms with Gasteiger partial charge < -0.3 is 5.32 Å². The van der Waals surface area contributed by atoms with Crippen molar-refractivity contribution in [2.24, 2.45) is 5.92 Å². The average molecular weight is 312 g/mol. The molecule has 0 saturated carbocycles. The van der Waals surface area contributed by atoms with Gasteiger partial charge in [-0.25, -0.2) is 14.5 Å². The minimum absolute atomic E-state index is 0.00806. The first kappa shape index (κ1) is 17.6. The van der Waals surface area contributed by atoms with E-state index in [1.807, 2.05) is 5.32 Å². The van der Waals surface area contributed by atoms with Crippen molar-refractivity contribution in [3.63, 3.8) is 0 Å². The van der Waals surface area contributed by atoms with Gasteiger partial charge in [-0.15, -0.1) is 0 Å². The van der Waals surface area contributed by atoms with Crippen LogP contribution in [-0.2, 0) is 14.4 Å². The van der Waals surface area contributed by atoms with Crippen LogP contribution in [0.3, 0.4) is 0 Å². The molecule has 0 bridgehead atoms. The molecule has 1 saturated heterocycles. The number of imide groups is 3. The maximum absolute atomic E-state index is 12.0. The summed E-state index contributed by atoms with van der Waals surface area (Å²) in [5, 5.41) is 4.41. The van der Waals surface area contributed by atoms with Crippen LogP contribution in [-0.4, -0.2) is 58.7 Å². The van der Waals surface area contributed by atoms with Gasteiger partial charge in [0.15, 0.2) is 0 Å². The van der Waals surface area contributed by atoms with E-state index in [-0.39, 0.29) is 18.5 Å². The van der Waals surface area contributed by atoms with Crippen molar-refractivity contribution in [1.29, 1.82) is 0 Å². The first-order valence-electron chi connectivity index (χ1n) is 6.91. The summed E-state index contributed by atoms with van der Waals surface area (Å²) in [4.78, 5) is 59.8. The maximum atomic E-state index is 12.0. The second kappa shape index (κ2) is 7.01. The molecule has 2 N–H and O–H groups in total. The van der Waals surface area contributed by atoms with E-state index in [1.165, 1.54) is 0 Å². The molecule has 1 fully saturated rings. The third kappa shape index (κ3) is 4.27. The Hall–Kier alpha value is -2.45. The van der Waals surface area contributed by atoms with E-state index >= 15 is 0 Å². The number of carbonyl (C=O) groups is 5. The molecule has 9 heteroatoms. The van der Waals surface area contributed by atoms with Crippen molar-refractivity contribution in [2.45, 2.75) is 33.7 Å². The Balaban J connectivity index is 2.67. The molecule has 0 aromatic carbocycles. The number of rotatable bonds is 5. The van der Waals surface area contributed by atoms with Gasteiger partial charge in [0.2, 0.25) is 5.91 Å². The van der Waals surface area contributed by atoms with Gasteiger partial charge in [0.05, 0.1) is 0 Å². The highest BCUT2D eigenvalue weighted by atomic mass is 16.2. The van der Waals surface area contributed by atoms with Crippen molar-refractivity contribution in [2.75, 3.05) is 13.1 Å². The molecule has 0 aliphatic carbocycles. The second-order valence-corrected chi connectivity index (χ2v) is 5.66. The molecule has 0 unspecified atom stereocenters. The Morgan fingerprint density at radius 2 is 1.55 bits per heavy atom. The molecule has 0 spiro atoms. The highest BCUT2D eigenvalue weighted by Gasteiger charge is 2.45. The van der Waals surface area contributed by atoms with Gasteiger partial charge in [-0.3, -0.25) is 24.6 Å². The van der Waals surface area contributed by atoms with Gasteiger partial charge in [0.25, 0.3) is 0 Å². The molecule has 0 radical (unpaired) electrons. The number of nitrogens with one attached hydrogen (secondary N) is 2. The number of hydrogen-bond donors (Lipinski definition) is 2. The van der Waals surface area contributed by atoms with Gasteiger partial charge in [0.1, 0.15) is 6.54 Å². The van der Waals surface area contributed by atoms with Crippen LogP contribution in [0.2, 0.25) is 0 Å². The number of nitrogens with zero attached hydrogens (tertiary/aromatic N) is 2. The number of amides is 7. The Morgan fingerprint density at radius 1 is 1.00 bits per heavy atom. The summed E-state index contributed by atoms with van der Waals surface area (Å²) in [6.45, 7) is 6.41. The first-order chi connectivity index (χ1) is 10.1. The predicted octanol–water partition coefficient (Wildman–Crippen LogP) is -0.333. The van der Waals surface area contributed by atoms with Crippen LogP contribution in [0.4, 0.5) is 9.59 Å². The molecule has 1 aliphatic heterocycles. The standard InChI is InChI=1S/C13H20N4O5/c1-7(2)5-16-10(19)11(20)17(13(16)22)6-9(18)15-12(21)14-8(3)4/h7-8H,5-6H2,1-4H3,(H2,14,15,18,21). The van der Waals surface area contributed by atoms with Gasteiger partial charge in [0, 0.05) is 12.6 Å². The maximum Gasteiger partial charge on any atom is 0.334 e. The summed E-state index contributed by atoms with van der Waals surface area (Å²) < 4.78 is 0. The van der Waals surface area contributed by atoms with Crippen molar-refractivity contribution < 1.29 is 24.0 Å². The summed E-state index contributed by atoms with van der Waals surface area (Å²) in [7, 11) is 0. The molecule has 122 valence electrons. The Kier molecular flexibility index (Phi) is 5.61. The fourth-order valence-corrected chi connectivity index (χ4v) is 1.82. The number of urea groups is 2. The van der Waals surface area contributed by atoms with Crippen molar-refractivity contribution >= 4 is 29.8 Å². The Bertz CT molecular complexity index is 515. The van der Waals surface area contributed by atoms with E-state index in [1.54, 1.807) is 27.7 Å². The van der Waals surface area contributed by atoms with Crippen LogP contribution >= 0.6 is 0 Å². The molecule has 9 nitrogen and oxygen atoms in total. The minimum atomic E-state index is -1.06. The highest BCUT2D eigenvalue weighted by molar-refractivity contribution is 6.45. The van der Waals surface area contributed by atoms with Crippen molar-refractivity contribution in [3.8, 4) is 0 Å². The number of carbonyl (C=O) groups excluding carboxylic acids is 5. The molecule has 0 atom stereocenters. The fraction of sp³-hybridized carbons (Fsp3) is 0.615. The van der Waals surface area contributed by atoms with Crippen LogP contribution in [0.5, 0.6) is 0 Å². The van der Waals surface area contributed by atoms with E-state index < -0.39 is 36.3 Å². The van der Waals surface area contributed by atoms with Crippen LogP contribution in [0.25, 0.3) is 0 Å². The zero-order valence-electron chi connectivity index (χ0n) is 13.0. The molecule has 7 amide bonds. The van der Waals surface area contributed by atoms with Gasteiger partial charge in [-0.05, 0) is 19.8 Å². The quantitative estimate of drug-likeness (QED) is 0.532. The van der Waals surface area contributed by atoms with E-state index in [9.17, 15) is 24.0 Å². The average Bonchev–Trinajstić information content (AvgIpc) is 2.54. The molecular formula is C13H20N4O5. The van der Waals surface area contributed by atoms with E-state index in [4.69, 9.17) is 0 Å². The lowest BCUT2D eigenvalue weighted by molar-refractivity contribution is -0.144. The largest absolute Gasteiger partial charge is 0.336 e. The summed E-state index contributed by atoms with van der Waals surface area (Å²) in [5.74, 6) is -2.88. The lowest BCUT2D eigenvalue weighted by Crippen LogP contribution is -2.47. The second-order valence-electron chi connectivity index (χ2n) is 5.66. The molecule has 22 heavy (non-hydrogen) atoms. The number of hydrogen-bond acceptors (Lipinski definition) is 5. The van der Waals surface area contributed by atoms with Crippen LogP contribution < -0.4 is 10.6 Å². The first-order valence-corrected chi connectivity index (χ1v) is 6.91. The zero-order chi connectivity index (χ0) is 17.0. The molecule has 1 heterocycles. The summed E-state index contributed by atoms with van der Waals surface area (Å²) in [5.41, 5.74) is 0. The topological polar surface area (TPSA) is 116 Å². The van der Waals surface area contributed by atoms with Crippen LogP contribution in [0, 0.1) is 5.92 Å².